The molecule has 26 heavy (non-hydrogen) atoms. The van der Waals surface area contributed by atoms with Crippen molar-refractivity contribution in [1.82, 2.24) is 19.8 Å². The van der Waals surface area contributed by atoms with Crippen molar-refractivity contribution in [1.29, 1.82) is 0 Å². The lowest BCUT2D eigenvalue weighted by molar-refractivity contribution is -0.139. The summed E-state index contributed by atoms with van der Waals surface area (Å²) in [5.41, 5.74) is 0. The number of hydrogen-bond acceptors (Lipinski definition) is 6. The molecule has 3 fully saturated rings. The molecule has 2 aliphatic heterocycles. The first-order valence-corrected chi connectivity index (χ1v) is 9.33. The van der Waals surface area contributed by atoms with Gasteiger partial charge < -0.3 is 4.90 Å². The van der Waals surface area contributed by atoms with Crippen LogP contribution < -0.4 is 4.90 Å². The van der Waals surface area contributed by atoms with Crippen LogP contribution in [-0.4, -0.2) is 70.9 Å². The lowest BCUT2D eigenvalue weighted by Crippen LogP contribution is -2.47. The average Bonchev–Trinajstić information content (AvgIpc) is 2.77. The first-order valence-electron chi connectivity index (χ1n) is 9.33. The maximum absolute atomic E-state index is 12.1. The number of nitrogens with zero attached hydrogens (tertiary/aromatic N) is 5. The zero-order valence-electron chi connectivity index (χ0n) is 14.9. The molecule has 0 bridgehead atoms. The number of aromatic nitrogens is 2. The van der Waals surface area contributed by atoms with Crippen LogP contribution in [0.3, 0.4) is 0 Å². The SMILES string of the molecule is Cl.O=C1C2CCC2C(=O)N1CCCCN1CCN(c2ncccn2)CC1. The average molecular weight is 380 g/mol. The van der Waals surface area contributed by atoms with Gasteiger partial charge in [0.05, 0.1) is 11.8 Å². The first kappa shape index (κ1) is 19.0. The summed E-state index contributed by atoms with van der Waals surface area (Å²) >= 11 is 0. The van der Waals surface area contributed by atoms with Crippen LogP contribution in [0.15, 0.2) is 18.5 Å². The Morgan fingerprint density at radius 2 is 1.46 bits per heavy atom. The topological polar surface area (TPSA) is 69.6 Å². The van der Waals surface area contributed by atoms with E-state index >= 15 is 0 Å². The van der Waals surface area contributed by atoms with E-state index in [0.29, 0.717) is 6.54 Å². The van der Waals surface area contributed by atoms with Gasteiger partial charge in [-0.15, -0.1) is 12.4 Å². The fourth-order valence-corrected chi connectivity index (χ4v) is 4.05. The Hall–Kier alpha value is -1.73. The van der Waals surface area contributed by atoms with Crippen molar-refractivity contribution in [3.05, 3.63) is 18.5 Å². The van der Waals surface area contributed by atoms with Crippen molar-refractivity contribution in [2.45, 2.75) is 25.7 Å². The summed E-state index contributed by atoms with van der Waals surface area (Å²) < 4.78 is 0. The quantitative estimate of drug-likeness (QED) is 0.546. The van der Waals surface area contributed by atoms with Gasteiger partial charge in [-0.2, -0.15) is 0 Å². The van der Waals surface area contributed by atoms with E-state index in [1.165, 1.54) is 4.90 Å². The van der Waals surface area contributed by atoms with E-state index in [4.69, 9.17) is 0 Å². The highest BCUT2D eigenvalue weighted by Crippen LogP contribution is 2.42. The molecule has 2 amide bonds. The highest BCUT2D eigenvalue weighted by atomic mass is 35.5. The van der Waals surface area contributed by atoms with E-state index in [9.17, 15) is 9.59 Å². The van der Waals surface area contributed by atoms with Gasteiger partial charge in [-0.1, -0.05) is 0 Å². The Labute approximate surface area is 160 Å². The van der Waals surface area contributed by atoms with Gasteiger partial charge in [0.1, 0.15) is 0 Å². The zero-order chi connectivity index (χ0) is 17.2. The van der Waals surface area contributed by atoms with Crippen molar-refractivity contribution in [3.8, 4) is 0 Å². The predicted molar refractivity (Wildman–Crippen MR) is 100 cm³/mol. The normalized spacial score (nSPS) is 25.7. The molecule has 0 spiro atoms. The summed E-state index contributed by atoms with van der Waals surface area (Å²) in [4.78, 5) is 39.0. The molecule has 1 aromatic rings. The maximum Gasteiger partial charge on any atom is 0.233 e. The van der Waals surface area contributed by atoms with Gasteiger partial charge in [0.15, 0.2) is 0 Å². The second-order valence-corrected chi connectivity index (χ2v) is 7.20. The van der Waals surface area contributed by atoms with Crippen LogP contribution in [0.2, 0.25) is 0 Å². The summed E-state index contributed by atoms with van der Waals surface area (Å²) in [6, 6.07) is 1.83. The number of unbranched alkanes of at least 4 members (excludes halogenated alkanes) is 1. The van der Waals surface area contributed by atoms with Crippen LogP contribution in [0, 0.1) is 11.8 Å². The van der Waals surface area contributed by atoms with Crippen LogP contribution in [0.4, 0.5) is 5.95 Å². The molecule has 3 heterocycles. The summed E-state index contributed by atoms with van der Waals surface area (Å²) in [7, 11) is 0. The van der Waals surface area contributed by atoms with Gasteiger partial charge in [0.25, 0.3) is 0 Å². The number of carbonyl (C=O) groups excluding carboxylic acids is 2. The Balaban J connectivity index is 0.00000196. The molecule has 3 aliphatic rings. The number of halogens is 1. The number of fused-ring (bicyclic) bond motifs is 1. The molecular formula is C18H26ClN5O2. The van der Waals surface area contributed by atoms with Crippen molar-refractivity contribution in [3.63, 3.8) is 0 Å². The van der Waals surface area contributed by atoms with Crippen molar-refractivity contribution in [2.24, 2.45) is 11.8 Å². The van der Waals surface area contributed by atoms with Gasteiger partial charge in [0, 0.05) is 45.1 Å². The molecule has 1 aromatic heterocycles. The minimum atomic E-state index is 0. The van der Waals surface area contributed by atoms with E-state index < -0.39 is 0 Å². The number of anilines is 1. The molecular weight excluding hydrogens is 354 g/mol. The smallest absolute Gasteiger partial charge is 0.233 e. The second-order valence-electron chi connectivity index (χ2n) is 7.20. The molecule has 8 heteroatoms. The monoisotopic (exact) mass is 379 g/mol. The van der Waals surface area contributed by atoms with E-state index in [0.717, 1.165) is 64.4 Å². The summed E-state index contributed by atoms with van der Waals surface area (Å²) in [6.45, 7) is 5.51. The van der Waals surface area contributed by atoms with E-state index in [1.54, 1.807) is 12.4 Å². The highest BCUT2D eigenvalue weighted by Gasteiger charge is 2.52. The number of hydrogen-bond donors (Lipinski definition) is 0. The third-order valence-electron chi connectivity index (χ3n) is 5.75. The molecule has 2 unspecified atom stereocenters. The van der Waals surface area contributed by atoms with Gasteiger partial charge in [-0.25, -0.2) is 9.97 Å². The zero-order valence-corrected chi connectivity index (χ0v) is 15.7. The molecule has 1 aliphatic carbocycles. The maximum atomic E-state index is 12.1. The number of piperazine rings is 1. The van der Waals surface area contributed by atoms with Gasteiger partial charge in [0.2, 0.25) is 17.8 Å². The number of amides is 2. The minimum Gasteiger partial charge on any atom is -0.338 e. The van der Waals surface area contributed by atoms with Crippen LogP contribution in [0.1, 0.15) is 25.7 Å². The van der Waals surface area contributed by atoms with Crippen molar-refractivity contribution >= 4 is 30.2 Å². The standard InChI is InChI=1S/C18H25N5O2.ClH/c24-16-14-4-5-15(14)17(25)23(16)9-2-1-8-21-10-12-22(13-11-21)18-19-6-3-7-20-18;/h3,6-7,14-15H,1-2,4-5,8-13H2;1H. The molecule has 2 atom stereocenters. The van der Waals surface area contributed by atoms with Gasteiger partial charge in [-0.05, 0) is 38.3 Å². The Bertz CT molecular complexity index is 614. The van der Waals surface area contributed by atoms with Crippen LogP contribution in [-0.2, 0) is 9.59 Å². The lowest BCUT2D eigenvalue weighted by atomic mass is 9.76. The predicted octanol–water partition coefficient (Wildman–Crippen LogP) is 1.20. The van der Waals surface area contributed by atoms with E-state index in [2.05, 4.69) is 19.8 Å². The summed E-state index contributed by atoms with van der Waals surface area (Å²) in [6.07, 6.45) is 7.29. The van der Waals surface area contributed by atoms with E-state index in [-0.39, 0.29) is 36.1 Å². The molecule has 0 N–H and O–H groups in total. The third-order valence-corrected chi connectivity index (χ3v) is 5.75. The third kappa shape index (κ3) is 3.69. The molecule has 2 saturated heterocycles. The molecule has 0 aromatic carbocycles. The Morgan fingerprint density at radius 1 is 0.885 bits per heavy atom. The van der Waals surface area contributed by atoms with Gasteiger partial charge >= 0.3 is 0 Å². The highest BCUT2D eigenvalue weighted by molar-refractivity contribution is 6.06. The van der Waals surface area contributed by atoms with Crippen molar-refractivity contribution in [2.75, 3.05) is 44.2 Å². The largest absolute Gasteiger partial charge is 0.338 e. The fraction of sp³-hybridized carbons (Fsp3) is 0.667. The van der Waals surface area contributed by atoms with Gasteiger partial charge in [-0.3, -0.25) is 19.4 Å². The molecule has 142 valence electrons. The van der Waals surface area contributed by atoms with Crippen LogP contribution >= 0.6 is 12.4 Å². The van der Waals surface area contributed by atoms with E-state index in [1.807, 2.05) is 6.07 Å². The summed E-state index contributed by atoms with van der Waals surface area (Å²) in [5.74, 6) is 1.000. The number of rotatable bonds is 6. The Morgan fingerprint density at radius 3 is 2.04 bits per heavy atom. The Kier molecular flexibility index (Phi) is 6.09. The first-order chi connectivity index (χ1) is 12.2. The fourth-order valence-electron chi connectivity index (χ4n) is 4.05. The minimum absolute atomic E-state index is 0. The molecule has 7 nitrogen and oxygen atoms in total. The number of imide groups is 1. The molecule has 0 radical (unpaired) electrons. The number of likely N-dealkylation sites (tertiary alicyclic amines) is 1. The molecule has 1 saturated carbocycles. The summed E-state index contributed by atoms with van der Waals surface area (Å²) in [5, 5.41) is 0. The second kappa shape index (κ2) is 8.31. The molecule has 4 rings (SSSR count). The lowest BCUT2D eigenvalue weighted by Gasteiger charge is -2.34. The number of carbonyl (C=O) groups is 2. The van der Waals surface area contributed by atoms with Crippen molar-refractivity contribution < 1.29 is 9.59 Å². The van der Waals surface area contributed by atoms with Crippen LogP contribution in [0.5, 0.6) is 0 Å². The van der Waals surface area contributed by atoms with Crippen LogP contribution in [0.25, 0.3) is 0 Å².